The lowest BCUT2D eigenvalue weighted by atomic mass is 10.0. The van der Waals surface area contributed by atoms with Gasteiger partial charge in [-0.25, -0.2) is 0 Å². The van der Waals surface area contributed by atoms with E-state index in [-0.39, 0.29) is 0 Å². The van der Waals surface area contributed by atoms with E-state index in [1.807, 2.05) is 22.6 Å². The van der Waals surface area contributed by atoms with Crippen molar-refractivity contribution < 1.29 is 4.74 Å². The molecular weight excluding hydrogens is 374 g/mol. The quantitative estimate of drug-likeness (QED) is 0.481. The van der Waals surface area contributed by atoms with Gasteiger partial charge in [0.15, 0.2) is 5.65 Å². The maximum absolute atomic E-state index is 5.45. The summed E-state index contributed by atoms with van der Waals surface area (Å²) in [7, 11) is 5.89. The van der Waals surface area contributed by atoms with Gasteiger partial charge in [0.25, 0.3) is 0 Å². The van der Waals surface area contributed by atoms with E-state index in [1.54, 1.807) is 13.4 Å². The fraction of sp³-hybridized carbons (Fsp3) is 0.250. The Labute approximate surface area is 177 Å². The molecule has 0 aliphatic carbocycles. The second kappa shape index (κ2) is 8.97. The average Bonchev–Trinajstić information content (AvgIpc) is 3.26. The first kappa shape index (κ1) is 19.9. The Morgan fingerprint density at radius 1 is 1.03 bits per heavy atom. The number of para-hydroxylation sites is 1. The lowest BCUT2D eigenvalue weighted by Crippen LogP contribution is -2.15. The van der Waals surface area contributed by atoms with Gasteiger partial charge in [0.05, 0.1) is 7.11 Å². The third-order valence-corrected chi connectivity index (χ3v) is 5.19. The Morgan fingerprint density at radius 3 is 2.73 bits per heavy atom. The fourth-order valence-electron chi connectivity index (χ4n) is 3.56. The van der Waals surface area contributed by atoms with Gasteiger partial charge >= 0.3 is 0 Å². The van der Waals surface area contributed by atoms with E-state index in [0.29, 0.717) is 6.54 Å². The predicted octanol–water partition coefficient (Wildman–Crippen LogP) is 4.12. The van der Waals surface area contributed by atoms with Gasteiger partial charge < -0.3 is 15.0 Å². The van der Waals surface area contributed by atoms with E-state index < -0.39 is 0 Å². The average molecular weight is 402 g/mol. The zero-order valence-corrected chi connectivity index (χ0v) is 17.7. The van der Waals surface area contributed by atoms with E-state index in [0.717, 1.165) is 46.9 Å². The summed E-state index contributed by atoms with van der Waals surface area (Å²) in [5.41, 5.74) is 5.48. The first-order chi connectivity index (χ1) is 14.7. The standard InChI is InChI=1S/C24H27N5O/c1-28(2)14-13-18-7-6-9-19(15-18)21-11-12-23(29-17-26-27-24(21)29)25-16-20-8-4-5-10-22(20)30-3/h4-12,15,17,25H,13-14,16H2,1-3H3. The summed E-state index contributed by atoms with van der Waals surface area (Å²) in [6.07, 6.45) is 2.77. The van der Waals surface area contributed by atoms with Crippen molar-refractivity contribution in [3.05, 3.63) is 78.1 Å². The van der Waals surface area contributed by atoms with Gasteiger partial charge in [-0.2, -0.15) is 0 Å². The van der Waals surface area contributed by atoms with Crippen LogP contribution in [0, 0.1) is 0 Å². The second-order valence-electron chi connectivity index (χ2n) is 7.58. The third-order valence-electron chi connectivity index (χ3n) is 5.19. The van der Waals surface area contributed by atoms with Crippen LogP contribution < -0.4 is 10.1 Å². The Hall–Kier alpha value is -3.38. The van der Waals surface area contributed by atoms with Crippen LogP contribution in [0.15, 0.2) is 67.0 Å². The number of anilines is 1. The number of aromatic nitrogens is 3. The van der Waals surface area contributed by atoms with E-state index in [4.69, 9.17) is 4.74 Å². The van der Waals surface area contributed by atoms with E-state index >= 15 is 0 Å². The molecule has 0 aliphatic heterocycles. The number of likely N-dealkylation sites (N-methyl/N-ethyl adjacent to an activating group) is 1. The van der Waals surface area contributed by atoms with E-state index in [1.165, 1.54) is 5.56 Å². The molecule has 0 bridgehead atoms. The molecule has 4 rings (SSSR count). The molecule has 1 N–H and O–H groups in total. The number of nitrogens with zero attached hydrogens (tertiary/aromatic N) is 4. The van der Waals surface area contributed by atoms with Crippen molar-refractivity contribution in [3.63, 3.8) is 0 Å². The molecule has 2 heterocycles. The van der Waals surface area contributed by atoms with Gasteiger partial charge in [0, 0.05) is 24.2 Å². The molecule has 0 aliphatic rings. The van der Waals surface area contributed by atoms with Crippen molar-refractivity contribution in [3.8, 4) is 16.9 Å². The Morgan fingerprint density at radius 2 is 1.90 bits per heavy atom. The minimum Gasteiger partial charge on any atom is -0.496 e. The van der Waals surface area contributed by atoms with Crippen LogP contribution in [0.3, 0.4) is 0 Å². The van der Waals surface area contributed by atoms with Gasteiger partial charge in [0.1, 0.15) is 17.9 Å². The zero-order chi connectivity index (χ0) is 20.9. The number of fused-ring (bicyclic) bond motifs is 1. The monoisotopic (exact) mass is 401 g/mol. The van der Waals surface area contributed by atoms with Crippen LogP contribution in [0.5, 0.6) is 5.75 Å². The first-order valence-electron chi connectivity index (χ1n) is 10.1. The molecule has 0 saturated heterocycles. The van der Waals surface area contributed by atoms with Crippen molar-refractivity contribution in [1.82, 2.24) is 19.5 Å². The molecule has 6 nitrogen and oxygen atoms in total. The normalized spacial score (nSPS) is 11.2. The smallest absolute Gasteiger partial charge is 0.170 e. The first-order valence-corrected chi connectivity index (χ1v) is 10.1. The number of ether oxygens (including phenoxy) is 1. The van der Waals surface area contributed by atoms with Crippen LogP contribution in [0.25, 0.3) is 16.8 Å². The molecule has 0 radical (unpaired) electrons. The molecule has 0 unspecified atom stereocenters. The molecule has 154 valence electrons. The van der Waals surface area contributed by atoms with Crippen molar-refractivity contribution in [2.24, 2.45) is 0 Å². The van der Waals surface area contributed by atoms with Gasteiger partial charge in [-0.3, -0.25) is 4.40 Å². The van der Waals surface area contributed by atoms with E-state index in [2.05, 4.69) is 77.0 Å². The van der Waals surface area contributed by atoms with Crippen LogP contribution in [0.2, 0.25) is 0 Å². The number of rotatable bonds is 8. The van der Waals surface area contributed by atoms with Crippen LogP contribution in [0.4, 0.5) is 5.82 Å². The highest BCUT2D eigenvalue weighted by molar-refractivity contribution is 5.79. The minimum absolute atomic E-state index is 0.649. The Balaban J connectivity index is 1.61. The number of hydrogen-bond acceptors (Lipinski definition) is 5. The van der Waals surface area contributed by atoms with Crippen LogP contribution in [-0.2, 0) is 13.0 Å². The molecule has 0 saturated carbocycles. The summed E-state index contributed by atoms with van der Waals surface area (Å²) in [6, 6.07) is 20.9. The van der Waals surface area contributed by atoms with Crippen LogP contribution >= 0.6 is 0 Å². The predicted molar refractivity (Wildman–Crippen MR) is 121 cm³/mol. The summed E-state index contributed by atoms with van der Waals surface area (Å²) in [4.78, 5) is 2.20. The maximum atomic E-state index is 5.45. The van der Waals surface area contributed by atoms with Gasteiger partial charge in [-0.15, -0.1) is 10.2 Å². The van der Waals surface area contributed by atoms with Gasteiger partial charge in [-0.05, 0) is 49.8 Å². The molecule has 30 heavy (non-hydrogen) atoms. The highest BCUT2D eigenvalue weighted by atomic mass is 16.5. The second-order valence-corrected chi connectivity index (χ2v) is 7.58. The highest BCUT2D eigenvalue weighted by Gasteiger charge is 2.11. The molecule has 0 amide bonds. The third kappa shape index (κ3) is 4.28. The largest absolute Gasteiger partial charge is 0.496 e. The summed E-state index contributed by atoms with van der Waals surface area (Å²) in [5.74, 6) is 1.81. The number of benzene rings is 2. The maximum Gasteiger partial charge on any atom is 0.170 e. The number of hydrogen-bond donors (Lipinski definition) is 1. The molecule has 4 aromatic rings. The van der Waals surface area contributed by atoms with Crippen molar-refractivity contribution in [2.45, 2.75) is 13.0 Å². The van der Waals surface area contributed by atoms with E-state index in [9.17, 15) is 0 Å². The molecule has 0 fully saturated rings. The van der Waals surface area contributed by atoms with Crippen LogP contribution in [-0.4, -0.2) is 47.2 Å². The molecule has 2 aromatic carbocycles. The number of nitrogens with one attached hydrogen (secondary N) is 1. The van der Waals surface area contributed by atoms with Gasteiger partial charge in [0.2, 0.25) is 0 Å². The fourth-order valence-corrected chi connectivity index (χ4v) is 3.56. The summed E-state index contributed by atoms with van der Waals surface area (Å²) in [6.45, 7) is 1.67. The lowest BCUT2D eigenvalue weighted by Gasteiger charge is -2.14. The molecule has 0 spiro atoms. The topological polar surface area (TPSA) is 54.7 Å². The minimum atomic E-state index is 0.649. The van der Waals surface area contributed by atoms with Crippen molar-refractivity contribution in [1.29, 1.82) is 0 Å². The lowest BCUT2D eigenvalue weighted by molar-refractivity contribution is 0.410. The summed E-state index contributed by atoms with van der Waals surface area (Å²) < 4.78 is 7.45. The number of pyridine rings is 1. The summed E-state index contributed by atoms with van der Waals surface area (Å²) >= 11 is 0. The molecular formula is C24H27N5O. The SMILES string of the molecule is COc1ccccc1CNc1ccc(-c2cccc(CCN(C)C)c2)c2nncn12. The summed E-state index contributed by atoms with van der Waals surface area (Å²) in [5, 5.41) is 12.0. The Kier molecular flexibility index (Phi) is 5.95. The zero-order valence-electron chi connectivity index (χ0n) is 17.7. The van der Waals surface area contributed by atoms with Crippen molar-refractivity contribution in [2.75, 3.05) is 33.1 Å². The Bertz CT molecular complexity index is 1140. The van der Waals surface area contributed by atoms with Crippen LogP contribution in [0.1, 0.15) is 11.1 Å². The van der Waals surface area contributed by atoms with Gasteiger partial charge in [-0.1, -0.05) is 42.5 Å². The number of methoxy groups -OCH3 is 1. The molecule has 2 aromatic heterocycles. The molecule has 6 heteroatoms. The highest BCUT2D eigenvalue weighted by Crippen LogP contribution is 2.27. The van der Waals surface area contributed by atoms with Crippen molar-refractivity contribution >= 4 is 11.5 Å². The molecule has 0 atom stereocenters.